The van der Waals surface area contributed by atoms with E-state index in [2.05, 4.69) is 9.82 Å². The molecule has 0 spiro atoms. The Balaban J connectivity index is 2.21. The van der Waals surface area contributed by atoms with E-state index in [0.29, 0.717) is 17.8 Å². The third kappa shape index (κ3) is 3.89. The van der Waals surface area contributed by atoms with Crippen LogP contribution in [0, 0.1) is 13.8 Å². The van der Waals surface area contributed by atoms with Gasteiger partial charge in [-0.3, -0.25) is 14.2 Å². The first-order chi connectivity index (χ1) is 10.7. The number of carbonyl (C=O) groups is 1. The van der Waals surface area contributed by atoms with Gasteiger partial charge in [0.05, 0.1) is 22.0 Å². The Bertz CT molecular complexity index is 823. The first kappa shape index (κ1) is 17.0. The lowest BCUT2D eigenvalue weighted by Gasteiger charge is -2.09. The highest BCUT2D eigenvalue weighted by atomic mass is 32.2. The van der Waals surface area contributed by atoms with E-state index < -0.39 is 16.0 Å². The van der Waals surface area contributed by atoms with E-state index in [4.69, 9.17) is 5.11 Å². The number of nitrogens with one attached hydrogen (secondary N) is 1. The zero-order chi connectivity index (χ0) is 17.2. The molecule has 0 fully saturated rings. The maximum atomic E-state index is 12.5. The fourth-order valence-corrected chi connectivity index (χ4v) is 3.38. The summed E-state index contributed by atoms with van der Waals surface area (Å²) >= 11 is 0. The Labute approximate surface area is 135 Å². The summed E-state index contributed by atoms with van der Waals surface area (Å²) < 4.78 is 29.1. The first-order valence-corrected chi connectivity index (χ1v) is 8.53. The lowest BCUT2D eigenvalue weighted by Crippen LogP contribution is -2.14. The number of anilines is 1. The molecule has 2 rings (SSSR count). The molecule has 1 heterocycles. The molecule has 0 bridgehead atoms. The molecule has 1 aromatic heterocycles. The summed E-state index contributed by atoms with van der Waals surface area (Å²) in [5.74, 6) is -0.883. The minimum absolute atomic E-state index is 0.0123. The number of sulfonamides is 1. The van der Waals surface area contributed by atoms with E-state index in [1.54, 1.807) is 37.7 Å². The van der Waals surface area contributed by atoms with Gasteiger partial charge in [-0.05, 0) is 38.0 Å². The molecule has 0 aliphatic heterocycles. The van der Waals surface area contributed by atoms with Crippen LogP contribution in [-0.2, 0) is 28.3 Å². The molecule has 124 valence electrons. The molecule has 0 unspecified atom stereocenters. The summed E-state index contributed by atoms with van der Waals surface area (Å²) in [6.45, 7) is 3.52. The van der Waals surface area contributed by atoms with Gasteiger partial charge in [0.1, 0.15) is 0 Å². The molecule has 0 atom stereocenters. The number of rotatable bonds is 6. The van der Waals surface area contributed by atoms with Crippen molar-refractivity contribution in [1.29, 1.82) is 0 Å². The molecule has 0 saturated carbocycles. The van der Waals surface area contributed by atoms with Crippen molar-refractivity contribution in [3.8, 4) is 0 Å². The van der Waals surface area contributed by atoms with Crippen LogP contribution in [0.25, 0.3) is 0 Å². The number of benzene rings is 1. The Morgan fingerprint density at radius 3 is 2.35 bits per heavy atom. The van der Waals surface area contributed by atoms with Crippen LogP contribution in [0.1, 0.15) is 23.4 Å². The highest BCUT2D eigenvalue weighted by molar-refractivity contribution is 7.92. The largest absolute Gasteiger partial charge is 0.481 e. The number of nitrogens with zero attached hydrogens (tertiary/aromatic N) is 2. The number of aryl methyl sites for hydroxylation is 3. The number of hydrogen-bond acceptors (Lipinski definition) is 4. The first-order valence-electron chi connectivity index (χ1n) is 7.04. The SMILES string of the molecule is Cc1nn(C)c(C)c1NS(=O)(=O)c1ccc(CCC(=O)O)cc1. The monoisotopic (exact) mass is 337 g/mol. The molecule has 8 heteroatoms. The van der Waals surface area contributed by atoms with Crippen molar-refractivity contribution in [1.82, 2.24) is 9.78 Å². The Morgan fingerprint density at radius 1 is 1.26 bits per heavy atom. The second-order valence-corrected chi connectivity index (χ2v) is 7.00. The van der Waals surface area contributed by atoms with Crippen LogP contribution in [0.3, 0.4) is 0 Å². The number of carboxylic acid groups (broad SMARTS) is 1. The van der Waals surface area contributed by atoms with Crippen molar-refractivity contribution in [3.05, 3.63) is 41.2 Å². The smallest absolute Gasteiger partial charge is 0.303 e. The third-order valence-corrected chi connectivity index (χ3v) is 4.97. The van der Waals surface area contributed by atoms with Crippen molar-refractivity contribution in [2.75, 3.05) is 4.72 Å². The van der Waals surface area contributed by atoms with Gasteiger partial charge in [0.2, 0.25) is 0 Å². The van der Waals surface area contributed by atoms with Crippen LogP contribution < -0.4 is 4.72 Å². The summed E-state index contributed by atoms with van der Waals surface area (Å²) in [5, 5.41) is 12.8. The highest BCUT2D eigenvalue weighted by Crippen LogP contribution is 2.23. The van der Waals surface area contributed by atoms with Crippen LogP contribution in [0.2, 0.25) is 0 Å². The standard InChI is InChI=1S/C15H19N3O4S/c1-10-15(11(2)18(3)16-10)17-23(21,22)13-7-4-12(5-8-13)6-9-14(19)20/h4-5,7-8,17H,6,9H2,1-3H3,(H,19,20). The van der Waals surface area contributed by atoms with Gasteiger partial charge in [-0.25, -0.2) is 8.42 Å². The van der Waals surface area contributed by atoms with E-state index >= 15 is 0 Å². The summed E-state index contributed by atoms with van der Waals surface area (Å²) in [7, 11) is -1.97. The second kappa shape index (κ2) is 6.41. The van der Waals surface area contributed by atoms with E-state index in [1.807, 2.05) is 0 Å². The minimum Gasteiger partial charge on any atom is -0.481 e. The molecular formula is C15H19N3O4S. The average Bonchev–Trinajstić information content (AvgIpc) is 2.72. The summed E-state index contributed by atoms with van der Waals surface area (Å²) in [6.07, 6.45) is 0.377. The summed E-state index contributed by atoms with van der Waals surface area (Å²) in [4.78, 5) is 10.7. The maximum absolute atomic E-state index is 12.5. The molecular weight excluding hydrogens is 318 g/mol. The number of aromatic nitrogens is 2. The molecule has 0 aliphatic rings. The van der Waals surface area contributed by atoms with Gasteiger partial charge >= 0.3 is 5.97 Å². The third-order valence-electron chi connectivity index (χ3n) is 3.61. The van der Waals surface area contributed by atoms with E-state index in [-0.39, 0.29) is 11.3 Å². The predicted molar refractivity (Wildman–Crippen MR) is 85.9 cm³/mol. The van der Waals surface area contributed by atoms with Gasteiger partial charge in [-0.2, -0.15) is 5.10 Å². The molecule has 0 aliphatic carbocycles. The second-order valence-electron chi connectivity index (χ2n) is 5.31. The molecule has 23 heavy (non-hydrogen) atoms. The van der Waals surface area contributed by atoms with Gasteiger partial charge < -0.3 is 5.11 Å². The van der Waals surface area contributed by atoms with E-state index in [1.165, 1.54) is 12.1 Å². The van der Waals surface area contributed by atoms with Gasteiger partial charge in [0.15, 0.2) is 0 Å². The Hall–Kier alpha value is -2.35. The maximum Gasteiger partial charge on any atom is 0.303 e. The fraction of sp³-hybridized carbons (Fsp3) is 0.333. The molecule has 0 amide bonds. The van der Waals surface area contributed by atoms with Gasteiger partial charge in [0, 0.05) is 13.5 Å². The molecule has 2 aromatic rings. The Kier molecular flexibility index (Phi) is 4.74. The zero-order valence-electron chi connectivity index (χ0n) is 13.2. The molecule has 1 aromatic carbocycles. The quantitative estimate of drug-likeness (QED) is 0.838. The molecule has 0 radical (unpaired) electrons. The minimum atomic E-state index is -3.71. The normalized spacial score (nSPS) is 11.4. The average molecular weight is 337 g/mol. The number of carboxylic acids is 1. The Morgan fingerprint density at radius 2 is 1.87 bits per heavy atom. The number of aliphatic carboxylic acids is 1. The van der Waals surface area contributed by atoms with Crippen molar-refractivity contribution in [2.24, 2.45) is 7.05 Å². The van der Waals surface area contributed by atoms with Crippen molar-refractivity contribution in [3.63, 3.8) is 0 Å². The van der Waals surface area contributed by atoms with E-state index in [0.717, 1.165) is 11.3 Å². The van der Waals surface area contributed by atoms with Crippen LogP contribution in [-0.4, -0.2) is 29.3 Å². The molecule has 0 saturated heterocycles. The van der Waals surface area contributed by atoms with Crippen molar-refractivity contribution in [2.45, 2.75) is 31.6 Å². The van der Waals surface area contributed by atoms with Crippen molar-refractivity contribution >= 4 is 21.7 Å². The fourth-order valence-electron chi connectivity index (χ4n) is 2.20. The van der Waals surface area contributed by atoms with Gasteiger partial charge in [-0.15, -0.1) is 0 Å². The lowest BCUT2D eigenvalue weighted by atomic mass is 10.1. The highest BCUT2D eigenvalue weighted by Gasteiger charge is 2.19. The molecule has 7 nitrogen and oxygen atoms in total. The van der Waals surface area contributed by atoms with Gasteiger partial charge in [-0.1, -0.05) is 12.1 Å². The van der Waals surface area contributed by atoms with Crippen molar-refractivity contribution < 1.29 is 18.3 Å². The van der Waals surface area contributed by atoms with Crippen LogP contribution in [0.15, 0.2) is 29.2 Å². The summed E-state index contributed by atoms with van der Waals surface area (Å²) in [6, 6.07) is 6.20. The predicted octanol–water partition coefficient (Wildman–Crippen LogP) is 1.85. The molecule has 2 N–H and O–H groups in total. The topological polar surface area (TPSA) is 101 Å². The number of hydrogen-bond donors (Lipinski definition) is 2. The zero-order valence-corrected chi connectivity index (χ0v) is 14.0. The van der Waals surface area contributed by atoms with Crippen LogP contribution in [0.5, 0.6) is 0 Å². The lowest BCUT2D eigenvalue weighted by molar-refractivity contribution is -0.136. The van der Waals surface area contributed by atoms with E-state index in [9.17, 15) is 13.2 Å². The van der Waals surface area contributed by atoms with Gasteiger partial charge in [0.25, 0.3) is 10.0 Å². The summed E-state index contributed by atoms with van der Waals surface area (Å²) in [5.41, 5.74) is 2.58. The van der Waals surface area contributed by atoms with Crippen LogP contribution in [0.4, 0.5) is 5.69 Å². The van der Waals surface area contributed by atoms with Crippen LogP contribution >= 0.6 is 0 Å².